The van der Waals surface area contributed by atoms with Gasteiger partial charge in [0.25, 0.3) is 0 Å². The fourth-order valence-corrected chi connectivity index (χ4v) is 1.28. The van der Waals surface area contributed by atoms with Gasteiger partial charge in [-0.2, -0.15) is 5.26 Å². The highest BCUT2D eigenvalue weighted by Gasteiger charge is 2.15. The first kappa shape index (κ1) is 14.0. The quantitative estimate of drug-likeness (QED) is 0.608. The van der Waals surface area contributed by atoms with Gasteiger partial charge in [0, 0.05) is 0 Å². The van der Waals surface area contributed by atoms with Crippen LogP contribution in [0.5, 0.6) is 0 Å². The summed E-state index contributed by atoms with van der Waals surface area (Å²) in [6.45, 7) is 6.27. The van der Waals surface area contributed by atoms with Crippen molar-refractivity contribution in [2.75, 3.05) is 6.61 Å². The van der Waals surface area contributed by atoms with Crippen molar-refractivity contribution in [3.8, 4) is 6.07 Å². The van der Waals surface area contributed by atoms with E-state index < -0.39 is 11.9 Å². The molecule has 2 atom stereocenters. The van der Waals surface area contributed by atoms with Crippen molar-refractivity contribution in [3.63, 3.8) is 0 Å². The molecule has 0 fully saturated rings. The van der Waals surface area contributed by atoms with Gasteiger partial charge in [0.2, 0.25) is 0 Å². The molecule has 0 N–H and O–H groups in total. The number of nitriles is 1. The third-order valence-corrected chi connectivity index (χ3v) is 2.55. The second-order valence-corrected chi connectivity index (χ2v) is 3.90. The number of hydrogen-bond donors (Lipinski definition) is 0. The highest BCUT2D eigenvalue weighted by Crippen LogP contribution is 2.13. The van der Waals surface area contributed by atoms with Crippen LogP contribution in [0.25, 0.3) is 0 Å². The van der Waals surface area contributed by atoms with E-state index in [1.165, 1.54) is 12.8 Å². The second kappa shape index (κ2) is 8.28. The molecule has 0 heterocycles. The molecule has 0 amide bonds. The monoisotopic (exact) mass is 211 g/mol. The first-order chi connectivity index (χ1) is 7.15. The molecular formula is C12H21NO2. The second-order valence-electron chi connectivity index (χ2n) is 3.90. The van der Waals surface area contributed by atoms with Crippen molar-refractivity contribution in [1.29, 1.82) is 5.26 Å². The lowest BCUT2D eigenvalue weighted by Gasteiger charge is -2.14. The van der Waals surface area contributed by atoms with E-state index >= 15 is 0 Å². The van der Waals surface area contributed by atoms with Crippen LogP contribution in [-0.4, -0.2) is 12.6 Å². The van der Waals surface area contributed by atoms with Crippen LogP contribution in [0.2, 0.25) is 0 Å². The summed E-state index contributed by atoms with van der Waals surface area (Å²) in [5.74, 6) is -0.596. The smallest absolute Gasteiger partial charge is 0.323 e. The normalized spacial score (nSPS) is 14.0. The number of rotatable bonds is 7. The number of unbranched alkanes of at least 4 members (excludes halogenated alkanes) is 1. The van der Waals surface area contributed by atoms with E-state index in [9.17, 15) is 4.79 Å². The molecule has 0 rings (SSSR count). The molecule has 0 spiro atoms. The van der Waals surface area contributed by atoms with Gasteiger partial charge in [-0.15, -0.1) is 0 Å². The van der Waals surface area contributed by atoms with Crippen LogP contribution in [0.4, 0.5) is 0 Å². The Morgan fingerprint density at radius 3 is 2.60 bits per heavy atom. The van der Waals surface area contributed by atoms with Gasteiger partial charge in [-0.3, -0.25) is 4.79 Å². The van der Waals surface area contributed by atoms with Gasteiger partial charge in [0.15, 0.2) is 0 Å². The predicted octanol–water partition coefficient (Wildman–Crippen LogP) is 2.91. The maximum Gasteiger partial charge on any atom is 0.323 e. The average molecular weight is 211 g/mol. The van der Waals surface area contributed by atoms with E-state index in [1.54, 1.807) is 6.92 Å². The van der Waals surface area contributed by atoms with Crippen molar-refractivity contribution in [2.45, 2.75) is 46.5 Å². The molecule has 0 aliphatic heterocycles. The molecule has 0 aromatic rings. The molecular weight excluding hydrogens is 190 g/mol. The third kappa shape index (κ3) is 6.11. The van der Waals surface area contributed by atoms with Gasteiger partial charge in [-0.1, -0.05) is 33.1 Å². The largest absolute Gasteiger partial charge is 0.464 e. The topological polar surface area (TPSA) is 50.1 Å². The van der Waals surface area contributed by atoms with Crippen LogP contribution >= 0.6 is 0 Å². The average Bonchev–Trinajstić information content (AvgIpc) is 2.27. The lowest BCUT2D eigenvalue weighted by molar-refractivity contribution is -0.147. The van der Waals surface area contributed by atoms with Crippen molar-refractivity contribution < 1.29 is 9.53 Å². The van der Waals surface area contributed by atoms with Crippen molar-refractivity contribution >= 4 is 5.97 Å². The Labute approximate surface area is 92.4 Å². The summed E-state index contributed by atoms with van der Waals surface area (Å²) in [5, 5.41) is 8.52. The molecule has 15 heavy (non-hydrogen) atoms. The Morgan fingerprint density at radius 2 is 2.13 bits per heavy atom. The zero-order valence-corrected chi connectivity index (χ0v) is 9.95. The molecule has 0 radical (unpaired) electrons. The number of ether oxygens (including phenoxy) is 1. The van der Waals surface area contributed by atoms with Gasteiger partial charge in [0.1, 0.15) is 5.92 Å². The lowest BCUT2D eigenvalue weighted by atomic mass is 10.0. The molecule has 86 valence electrons. The minimum absolute atomic E-state index is 0.396. The van der Waals surface area contributed by atoms with Crippen LogP contribution in [0, 0.1) is 23.2 Å². The first-order valence-electron chi connectivity index (χ1n) is 5.71. The maximum absolute atomic E-state index is 11.2. The van der Waals surface area contributed by atoms with Crippen LogP contribution < -0.4 is 0 Å². The highest BCUT2D eigenvalue weighted by molar-refractivity contribution is 5.74. The summed E-state index contributed by atoms with van der Waals surface area (Å²) >= 11 is 0. The molecule has 0 bridgehead atoms. The summed E-state index contributed by atoms with van der Waals surface area (Å²) in [6.07, 6.45) is 4.46. The molecule has 0 aliphatic carbocycles. The Hall–Kier alpha value is -1.04. The Balaban J connectivity index is 3.80. The molecule has 3 nitrogen and oxygen atoms in total. The van der Waals surface area contributed by atoms with Gasteiger partial charge in [-0.05, 0) is 19.3 Å². The summed E-state index contributed by atoms with van der Waals surface area (Å²) in [5.41, 5.74) is 0. The summed E-state index contributed by atoms with van der Waals surface area (Å²) < 4.78 is 5.08. The summed E-state index contributed by atoms with van der Waals surface area (Å²) in [7, 11) is 0. The zero-order chi connectivity index (χ0) is 11.7. The number of nitrogens with zero attached hydrogens (tertiary/aromatic N) is 1. The van der Waals surface area contributed by atoms with Gasteiger partial charge in [0.05, 0.1) is 12.7 Å². The third-order valence-electron chi connectivity index (χ3n) is 2.55. The molecule has 0 saturated carbocycles. The molecule has 0 aliphatic rings. The van der Waals surface area contributed by atoms with E-state index in [2.05, 4.69) is 13.8 Å². The fraction of sp³-hybridized carbons (Fsp3) is 0.833. The molecule has 0 saturated heterocycles. The Kier molecular flexibility index (Phi) is 7.71. The first-order valence-corrected chi connectivity index (χ1v) is 5.71. The number of carbonyl (C=O) groups is 1. The molecule has 0 aromatic carbocycles. The SMILES string of the molecule is CCCCC(CC)COC(=O)[C@@H](C)C#N. The minimum Gasteiger partial charge on any atom is -0.464 e. The van der Waals surface area contributed by atoms with Gasteiger partial charge < -0.3 is 4.74 Å². The number of esters is 1. The zero-order valence-electron chi connectivity index (χ0n) is 9.95. The predicted molar refractivity (Wildman–Crippen MR) is 59.0 cm³/mol. The van der Waals surface area contributed by atoms with Crippen LogP contribution in [0.1, 0.15) is 46.5 Å². The molecule has 3 heteroatoms. The van der Waals surface area contributed by atoms with E-state index in [0.717, 1.165) is 12.8 Å². The van der Waals surface area contributed by atoms with Gasteiger partial charge >= 0.3 is 5.97 Å². The van der Waals surface area contributed by atoms with Crippen molar-refractivity contribution in [3.05, 3.63) is 0 Å². The van der Waals surface area contributed by atoms with E-state index in [0.29, 0.717) is 12.5 Å². The number of carbonyl (C=O) groups excluding carboxylic acids is 1. The summed E-state index contributed by atoms with van der Waals surface area (Å²) in [4.78, 5) is 11.2. The highest BCUT2D eigenvalue weighted by atomic mass is 16.5. The summed E-state index contributed by atoms with van der Waals surface area (Å²) in [6, 6.07) is 1.88. The van der Waals surface area contributed by atoms with E-state index in [1.807, 2.05) is 6.07 Å². The molecule has 0 aromatic heterocycles. The van der Waals surface area contributed by atoms with Crippen LogP contribution in [0.15, 0.2) is 0 Å². The Morgan fingerprint density at radius 1 is 1.47 bits per heavy atom. The minimum atomic E-state index is -0.645. The lowest BCUT2D eigenvalue weighted by Crippen LogP contribution is -2.18. The maximum atomic E-state index is 11.2. The standard InChI is InChI=1S/C12H21NO2/c1-4-6-7-11(5-2)9-15-12(14)10(3)8-13/h10-11H,4-7,9H2,1-3H3/t10-,11?/m0/s1. The van der Waals surface area contributed by atoms with E-state index in [-0.39, 0.29) is 0 Å². The van der Waals surface area contributed by atoms with E-state index in [4.69, 9.17) is 10.00 Å². The Bertz CT molecular complexity index is 220. The van der Waals surface area contributed by atoms with Gasteiger partial charge in [-0.25, -0.2) is 0 Å². The van der Waals surface area contributed by atoms with Crippen molar-refractivity contribution in [2.24, 2.45) is 11.8 Å². The van der Waals surface area contributed by atoms with Crippen LogP contribution in [-0.2, 0) is 9.53 Å². The fourth-order valence-electron chi connectivity index (χ4n) is 1.28. The van der Waals surface area contributed by atoms with Crippen molar-refractivity contribution in [1.82, 2.24) is 0 Å². The number of hydrogen-bond acceptors (Lipinski definition) is 3. The molecule has 1 unspecified atom stereocenters. The van der Waals surface area contributed by atoms with Crippen LogP contribution in [0.3, 0.4) is 0 Å².